The molecule has 220 valence electrons. The number of nitriles is 1. The normalized spacial score (nSPS) is 10.9. The molecule has 0 spiro atoms. The Labute approximate surface area is 247 Å². The summed E-state index contributed by atoms with van der Waals surface area (Å²) < 4.78 is 46.0. The summed E-state index contributed by atoms with van der Waals surface area (Å²) in [5.74, 6) is -2.40. The van der Waals surface area contributed by atoms with Gasteiger partial charge >= 0.3 is 5.97 Å². The maximum Gasteiger partial charge on any atom is 0.342 e. The minimum atomic E-state index is -3.60. The summed E-state index contributed by atoms with van der Waals surface area (Å²) in [6.07, 6.45) is 2.19. The number of benzene rings is 3. The van der Waals surface area contributed by atoms with E-state index >= 15 is 4.39 Å². The van der Waals surface area contributed by atoms with Gasteiger partial charge in [-0.2, -0.15) is 10.4 Å². The van der Waals surface area contributed by atoms with Crippen molar-refractivity contribution in [3.63, 3.8) is 0 Å². The number of esters is 1. The topological polar surface area (TPSA) is 152 Å². The molecular weight excluding hydrogens is 577 g/mol. The van der Waals surface area contributed by atoms with Crippen molar-refractivity contribution in [1.82, 2.24) is 15.3 Å². The van der Waals surface area contributed by atoms with Gasteiger partial charge in [0, 0.05) is 17.5 Å². The van der Waals surface area contributed by atoms with Gasteiger partial charge in [0.15, 0.2) is 15.6 Å². The highest BCUT2D eigenvalue weighted by molar-refractivity contribution is 7.90. The third-order valence-electron chi connectivity index (χ3n) is 5.96. The lowest BCUT2D eigenvalue weighted by Crippen LogP contribution is -2.21. The van der Waals surface area contributed by atoms with Crippen LogP contribution in [-0.2, 0) is 14.6 Å². The second-order valence-corrected chi connectivity index (χ2v) is 11.2. The molecule has 43 heavy (non-hydrogen) atoms. The molecule has 1 amide bonds. The molecule has 4 aromatic rings. The largest absolute Gasteiger partial charge is 0.462 e. The molecular formula is C30H26FN5O6S. The second-order valence-electron chi connectivity index (χ2n) is 9.23. The lowest BCUT2D eigenvalue weighted by atomic mass is 10.0. The van der Waals surface area contributed by atoms with Crippen molar-refractivity contribution in [1.29, 1.82) is 5.26 Å². The van der Waals surface area contributed by atoms with Crippen molar-refractivity contribution in [2.75, 3.05) is 18.2 Å². The number of nitrogens with zero attached hydrogens (tertiary/aromatic N) is 3. The van der Waals surface area contributed by atoms with Crippen LogP contribution in [0.25, 0.3) is 16.8 Å². The predicted octanol–water partition coefficient (Wildman–Crippen LogP) is 4.80. The fourth-order valence-corrected chi connectivity index (χ4v) is 4.99. The molecule has 3 aromatic carbocycles. The zero-order valence-corrected chi connectivity index (χ0v) is 24.2. The monoisotopic (exact) mass is 603 g/mol. The number of sulfone groups is 1. The Morgan fingerprint density at radius 1 is 1.14 bits per heavy atom. The van der Waals surface area contributed by atoms with Crippen molar-refractivity contribution >= 4 is 27.4 Å². The second kappa shape index (κ2) is 12.6. The lowest BCUT2D eigenvalue weighted by Gasteiger charge is -2.14. The maximum absolute atomic E-state index is 15.3. The number of carbonyl (C=O) groups is 2. The van der Waals surface area contributed by atoms with E-state index in [1.165, 1.54) is 36.4 Å². The Morgan fingerprint density at radius 3 is 2.53 bits per heavy atom. The summed E-state index contributed by atoms with van der Waals surface area (Å²) >= 11 is 0. The molecule has 0 unspecified atom stereocenters. The molecule has 0 aliphatic rings. The van der Waals surface area contributed by atoms with Crippen LogP contribution in [0.2, 0.25) is 0 Å². The number of carbonyl (C=O) groups excluding carboxylic acids is 2. The standard InChI is InChI=1S/C30H26FN5O6S/c1-5-41-30(38)23-17-33-36(21-11-13-26(20(14-21)16-32)42-35-18(2)3)28(23)29(37)34-25-12-10-19(15-24(25)31)22-8-6-7-9-27(22)43(4,39)40/h6-15,17,35H,2,5H2,1,3-4H3,(H,34,37). The lowest BCUT2D eigenvalue weighted by molar-refractivity contribution is 0.0523. The molecule has 0 atom stereocenters. The van der Waals surface area contributed by atoms with Gasteiger partial charge < -0.3 is 14.9 Å². The highest BCUT2D eigenvalue weighted by atomic mass is 32.2. The number of hydrogen-bond donors (Lipinski definition) is 2. The number of halogens is 1. The van der Waals surface area contributed by atoms with E-state index in [0.717, 1.165) is 23.2 Å². The maximum atomic E-state index is 15.3. The van der Waals surface area contributed by atoms with E-state index in [-0.39, 0.29) is 51.0 Å². The third-order valence-corrected chi connectivity index (χ3v) is 7.11. The minimum absolute atomic E-state index is 0.0243. The van der Waals surface area contributed by atoms with Crippen molar-refractivity contribution < 1.29 is 32.0 Å². The number of anilines is 1. The van der Waals surface area contributed by atoms with Gasteiger partial charge in [0.1, 0.15) is 23.1 Å². The van der Waals surface area contributed by atoms with E-state index in [1.54, 1.807) is 32.0 Å². The molecule has 0 saturated carbocycles. The first kappa shape index (κ1) is 30.5. The number of allylic oxidation sites excluding steroid dienone is 1. The van der Waals surface area contributed by atoms with Crippen LogP contribution >= 0.6 is 0 Å². The number of aromatic nitrogens is 2. The summed E-state index contributed by atoms with van der Waals surface area (Å²) in [5, 5.41) is 16.3. The van der Waals surface area contributed by atoms with Gasteiger partial charge in [-0.25, -0.2) is 27.8 Å². The Bertz CT molecular complexity index is 1900. The van der Waals surface area contributed by atoms with E-state index in [2.05, 4.69) is 22.5 Å². The fraction of sp³-hybridized carbons (Fsp3) is 0.133. The summed E-state index contributed by atoms with van der Waals surface area (Å²) in [6.45, 7) is 6.94. The van der Waals surface area contributed by atoms with Crippen molar-refractivity contribution in [2.45, 2.75) is 18.7 Å². The first-order chi connectivity index (χ1) is 20.4. The molecule has 2 N–H and O–H groups in total. The predicted molar refractivity (Wildman–Crippen MR) is 156 cm³/mol. The zero-order valence-electron chi connectivity index (χ0n) is 23.3. The SMILES string of the molecule is C=C(C)NOc1ccc(-n2ncc(C(=O)OCC)c2C(=O)Nc2ccc(-c3ccccc3S(C)(=O)=O)cc2F)cc1C#N. The number of ether oxygens (including phenoxy) is 1. The van der Waals surface area contributed by atoms with Crippen LogP contribution in [0.5, 0.6) is 5.75 Å². The number of hydroxylamine groups is 1. The van der Waals surface area contributed by atoms with Crippen molar-refractivity contribution in [2.24, 2.45) is 0 Å². The molecule has 11 nitrogen and oxygen atoms in total. The average molecular weight is 604 g/mol. The van der Waals surface area contributed by atoms with Crippen LogP contribution in [0, 0.1) is 17.1 Å². The van der Waals surface area contributed by atoms with Gasteiger partial charge in [0.25, 0.3) is 5.91 Å². The van der Waals surface area contributed by atoms with Crippen molar-refractivity contribution in [3.05, 3.63) is 102 Å². The van der Waals surface area contributed by atoms with Gasteiger partial charge in [-0.15, -0.1) is 0 Å². The Balaban J connectivity index is 1.73. The van der Waals surface area contributed by atoms with Crippen molar-refractivity contribution in [3.8, 4) is 28.6 Å². The van der Waals surface area contributed by atoms with Gasteiger partial charge in [0.2, 0.25) is 0 Å². The van der Waals surface area contributed by atoms with E-state index in [9.17, 15) is 23.3 Å². The van der Waals surface area contributed by atoms with Crippen LogP contribution in [0.1, 0.15) is 40.3 Å². The smallest absolute Gasteiger partial charge is 0.342 e. The van der Waals surface area contributed by atoms with Crippen LogP contribution in [0.15, 0.2) is 84.0 Å². The first-order valence-electron chi connectivity index (χ1n) is 12.7. The Morgan fingerprint density at radius 2 is 1.88 bits per heavy atom. The quantitative estimate of drug-likeness (QED) is 0.192. The number of amides is 1. The first-order valence-corrected chi connectivity index (χ1v) is 14.6. The van der Waals surface area contributed by atoms with Crippen LogP contribution in [0.4, 0.5) is 10.1 Å². The van der Waals surface area contributed by atoms with Gasteiger partial charge in [-0.1, -0.05) is 30.8 Å². The summed E-state index contributed by atoms with van der Waals surface area (Å²) in [4.78, 5) is 31.7. The fourth-order valence-electron chi connectivity index (χ4n) is 4.08. The molecule has 0 aliphatic carbocycles. The van der Waals surface area contributed by atoms with Gasteiger partial charge in [-0.3, -0.25) is 4.79 Å². The summed E-state index contributed by atoms with van der Waals surface area (Å²) in [7, 11) is -3.60. The van der Waals surface area contributed by atoms with E-state index in [1.807, 2.05) is 6.07 Å². The zero-order chi connectivity index (χ0) is 31.3. The molecule has 0 aliphatic heterocycles. The third kappa shape index (κ3) is 6.71. The van der Waals surface area contributed by atoms with Gasteiger partial charge in [-0.05, 0) is 55.8 Å². The Hall–Kier alpha value is -5.48. The molecule has 4 rings (SSSR count). The van der Waals surface area contributed by atoms with E-state index in [4.69, 9.17) is 9.57 Å². The molecule has 1 heterocycles. The molecule has 0 saturated heterocycles. The van der Waals surface area contributed by atoms with Crippen LogP contribution in [0.3, 0.4) is 0 Å². The Kier molecular flexibility index (Phi) is 8.92. The number of rotatable bonds is 10. The highest BCUT2D eigenvalue weighted by Crippen LogP contribution is 2.30. The van der Waals surface area contributed by atoms with Crippen LogP contribution < -0.4 is 15.6 Å². The molecule has 13 heteroatoms. The summed E-state index contributed by atoms with van der Waals surface area (Å²) in [5.41, 5.74) is 3.24. The average Bonchev–Trinajstić information content (AvgIpc) is 3.42. The molecule has 0 radical (unpaired) electrons. The van der Waals surface area contributed by atoms with Gasteiger partial charge in [0.05, 0.1) is 34.6 Å². The number of hydrogen-bond acceptors (Lipinski definition) is 9. The highest BCUT2D eigenvalue weighted by Gasteiger charge is 2.27. The van der Waals surface area contributed by atoms with E-state index in [0.29, 0.717) is 11.3 Å². The molecule has 0 bridgehead atoms. The minimum Gasteiger partial charge on any atom is -0.462 e. The van der Waals surface area contributed by atoms with Crippen LogP contribution in [-0.4, -0.2) is 42.9 Å². The molecule has 1 aromatic heterocycles. The summed E-state index contributed by atoms with van der Waals surface area (Å²) in [6, 6.07) is 16.3. The number of nitrogens with one attached hydrogen (secondary N) is 2. The molecule has 0 fully saturated rings. The van der Waals surface area contributed by atoms with E-state index < -0.39 is 27.5 Å².